The number of H-pyrrole nitrogens is 2. The lowest BCUT2D eigenvalue weighted by molar-refractivity contribution is -0.124. The Morgan fingerprint density at radius 3 is 3.04 bits per heavy atom. The van der Waals surface area contributed by atoms with Crippen molar-refractivity contribution in [3.05, 3.63) is 63.7 Å². The average molecular weight is 351 g/mol. The smallest absolute Gasteiger partial charge is 0.258 e. The Bertz CT molecular complexity index is 1020. The molecule has 0 fully saturated rings. The molecule has 1 aliphatic rings. The lowest BCUT2D eigenvalue weighted by atomic mass is 9.91. The molecule has 0 spiro atoms. The van der Waals surface area contributed by atoms with Gasteiger partial charge in [-0.3, -0.25) is 9.59 Å². The van der Waals surface area contributed by atoms with E-state index in [2.05, 4.69) is 27.4 Å². The summed E-state index contributed by atoms with van der Waals surface area (Å²) in [6, 6.07) is 9.60. The molecule has 3 N–H and O–H groups in total. The van der Waals surface area contributed by atoms with Gasteiger partial charge in [0.2, 0.25) is 5.43 Å². The van der Waals surface area contributed by atoms with Crippen LogP contribution in [0.2, 0.25) is 0 Å². The number of benzene rings is 1. The second-order valence-electron chi connectivity index (χ2n) is 6.71. The first kappa shape index (κ1) is 16.4. The SMILES string of the molecule is Cc1cc(=O)c(OCC(=O)NC2CCCc3c2[nH]c2ccccc32)c[nH]1. The van der Waals surface area contributed by atoms with Crippen LogP contribution in [0.25, 0.3) is 10.9 Å². The van der Waals surface area contributed by atoms with E-state index in [-0.39, 0.29) is 29.7 Å². The number of hydrogen-bond donors (Lipinski definition) is 3. The van der Waals surface area contributed by atoms with Gasteiger partial charge in [0, 0.05) is 34.6 Å². The van der Waals surface area contributed by atoms with E-state index in [9.17, 15) is 9.59 Å². The standard InChI is InChI=1S/C20H21N3O3/c1-12-9-17(24)18(10-21-12)26-11-19(25)22-16-8-4-6-14-13-5-2-3-7-15(13)23-20(14)16/h2-3,5,7,9-10,16,23H,4,6,8,11H2,1H3,(H,21,24)(H,22,25). The Morgan fingerprint density at radius 2 is 2.19 bits per heavy atom. The molecule has 0 saturated carbocycles. The monoisotopic (exact) mass is 351 g/mol. The molecule has 1 unspecified atom stereocenters. The van der Waals surface area contributed by atoms with E-state index in [1.54, 1.807) is 6.92 Å². The van der Waals surface area contributed by atoms with Gasteiger partial charge < -0.3 is 20.0 Å². The van der Waals surface area contributed by atoms with Crippen molar-refractivity contribution in [2.45, 2.75) is 32.2 Å². The summed E-state index contributed by atoms with van der Waals surface area (Å²) in [6.45, 7) is 1.61. The molecular formula is C20H21N3O3. The Balaban J connectivity index is 1.46. The van der Waals surface area contributed by atoms with E-state index in [0.717, 1.165) is 36.2 Å². The van der Waals surface area contributed by atoms with Gasteiger partial charge in [0.25, 0.3) is 5.91 Å². The van der Waals surface area contributed by atoms with Crippen molar-refractivity contribution in [2.75, 3.05) is 6.61 Å². The third-order valence-corrected chi connectivity index (χ3v) is 4.83. The molecule has 0 radical (unpaired) electrons. The third-order valence-electron chi connectivity index (χ3n) is 4.83. The lowest BCUT2D eigenvalue weighted by Gasteiger charge is -2.23. The first-order chi connectivity index (χ1) is 12.6. The van der Waals surface area contributed by atoms with Crippen LogP contribution >= 0.6 is 0 Å². The van der Waals surface area contributed by atoms with Crippen LogP contribution in [0.3, 0.4) is 0 Å². The fraction of sp³-hybridized carbons (Fsp3) is 0.300. The van der Waals surface area contributed by atoms with Gasteiger partial charge >= 0.3 is 0 Å². The van der Waals surface area contributed by atoms with E-state index in [4.69, 9.17) is 4.74 Å². The topological polar surface area (TPSA) is 87.0 Å². The summed E-state index contributed by atoms with van der Waals surface area (Å²) in [4.78, 5) is 30.5. The van der Waals surface area contributed by atoms with Crippen LogP contribution in [0.4, 0.5) is 0 Å². The van der Waals surface area contributed by atoms with Crippen molar-refractivity contribution in [3.8, 4) is 5.75 Å². The number of para-hydroxylation sites is 1. The summed E-state index contributed by atoms with van der Waals surface area (Å²) < 4.78 is 5.38. The van der Waals surface area contributed by atoms with Crippen molar-refractivity contribution >= 4 is 16.8 Å². The molecule has 134 valence electrons. The zero-order valence-electron chi connectivity index (χ0n) is 14.6. The maximum absolute atomic E-state index is 12.3. The van der Waals surface area contributed by atoms with E-state index < -0.39 is 0 Å². The Labute approximate surface area is 150 Å². The maximum atomic E-state index is 12.3. The minimum Gasteiger partial charge on any atom is -0.478 e. The van der Waals surface area contributed by atoms with Gasteiger partial charge in [0.05, 0.1) is 6.04 Å². The predicted molar refractivity (Wildman–Crippen MR) is 99.4 cm³/mol. The van der Waals surface area contributed by atoms with Crippen molar-refractivity contribution in [1.29, 1.82) is 0 Å². The number of ether oxygens (including phenoxy) is 1. The molecule has 2 aromatic heterocycles. The molecular weight excluding hydrogens is 330 g/mol. The molecule has 1 amide bonds. The minimum atomic E-state index is -0.235. The van der Waals surface area contributed by atoms with Crippen LogP contribution in [0.5, 0.6) is 5.75 Å². The second kappa shape index (κ2) is 6.71. The van der Waals surface area contributed by atoms with Gasteiger partial charge in [-0.2, -0.15) is 0 Å². The molecule has 26 heavy (non-hydrogen) atoms. The number of hydrogen-bond acceptors (Lipinski definition) is 3. The quantitative estimate of drug-likeness (QED) is 0.675. The van der Waals surface area contributed by atoms with Crippen molar-refractivity contribution in [1.82, 2.24) is 15.3 Å². The first-order valence-electron chi connectivity index (χ1n) is 8.83. The summed E-state index contributed by atoms with van der Waals surface area (Å²) in [5.74, 6) is -0.0813. The number of nitrogens with one attached hydrogen (secondary N) is 3. The second-order valence-corrected chi connectivity index (χ2v) is 6.71. The van der Waals surface area contributed by atoms with Crippen LogP contribution in [-0.2, 0) is 11.2 Å². The van der Waals surface area contributed by atoms with Gasteiger partial charge in [-0.05, 0) is 37.8 Å². The van der Waals surface area contributed by atoms with E-state index in [1.165, 1.54) is 23.2 Å². The van der Waals surface area contributed by atoms with Crippen molar-refractivity contribution in [2.24, 2.45) is 0 Å². The van der Waals surface area contributed by atoms with Gasteiger partial charge in [-0.1, -0.05) is 18.2 Å². The zero-order valence-corrected chi connectivity index (χ0v) is 14.6. The fourth-order valence-electron chi connectivity index (χ4n) is 3.61. The third kappa shape index (κ3) is 3.10. The minimum absolute atomic E-state index is 0.0569. The number of aromatic amines is 2. The Hall–Kier alpha value is -3.02. The number of amides is 1. The van der Waals surface area contributed by atoms with Crippen molar-refractivity contribution in [3.63, 3.8) is 0 Å². The average Bonchev–Trinajstić information content (AvgIpc) is 3.01. The molecule has 1 aromatic carbocycles. The molecule has 6 heteroatoms. The van der Waals surface area contributed by atoms with Crippen LogP contribution in [-0.4, -0.2) is 22.5 Å². The maximum Gasteiger partial charge on any atom is 0.258 e. The fourth-order valence-corrected chi connectivity index (χ4v) is 3.61. The number of pyridine rings is 1. The lowest BCUT2D eigenvalue weighted by Crippen LogP contribution is -2.34. The normalized spacial score (nSPS) is 16.3. The number of carbonyl (C=O) groups is 1. The van der Waals surface area contributed by atoms with Crippen LogP contribution in [0.1, 0.15) is 35.8 Å². The van der Waals surface area contributed by atoms with Gasteiger partial charge in [0.15, 0.2) is 12.4 Å². The highest BCUT2D eigenvalue weighted by atomic mass is 16.5. The summed E-state index contributed by atoms with van der Waals surface area (Å²) in [5.41, 5.74) is 3.98. The predicted octanol–water partition coefficient (Wildman–Crippen LogP) is 2.74. The summed E-state index contributed by atoms with van der Waals surface area (Å²) in [5, 5.41) is 4.26. The first-order valence-corrected chi connectivity index (χ1v) is 8.83. The van der Waals surface area contributed by atoms with Gasteiger partial charge in [0.1, 0.15) is 0 Å². The van der Waals surface area contributed by atoms with Crippen LogP contribution in [0.15, 0.2) is 41.3 Å². The van der Waals surface area contributed by atoms with E-state index in [1.807, 2.05) is 12.1 Å². The van der Waals surface area contributed by atoms with Crippen molar-refractivity contribution < 1.29 is 9.53 Å². The van der Waals surface area contributed by atoms with Gasteiger partial charge in [-0.15, -0.1) is 0 Å². The highest BCUT2D eigenvalue weighted by Crippen LogP contribution is 2.34. The summed E-state index contributed by atoms with van der Waals surface area (Å²) >= 11 is 0. The zero-order chi connectivity index (χ0) is 18.1. The van der Waals surface area contributed by atoms with Crippen LogP contribution in [0, 0.1) is 6.92 Å². The van der Waals surface area contributed by atoms with Gasteiger partial charge in [-0.25, -0.2) is 0 Å². The molecule has 1 atom stereocenters. The summed E-state index contributed by atoms with van der Waals surface area (Å²) in [7, 11) is 0. The highest BCUT2D eigenvalue weighted by Gasteiger charge is 2.25. The Morgan fingerprint density at radius 1 is 1.35 bits per heavy atom. The van der Waals surface area contributed by atoms with Crippen LogP contribution < -0.4 is 15.5 Å². The number of fused-ring (bicyclic) bond motifs is 3. The molecule has 2 heterocycles. The number of rotatable bonds is 4. The highest BCUT2D eigenvalue weighted by molar-refractivity contribution is 5.85. The molecule has 4 rings (SSSR count). The molecule has 6 nitrogen and oxygen atoms in total. The van der Waals surface area contributed by atoms with E-state index >= 15 is 0 Å². The molecule has 0 saturated heterocycles. The molecule has 0 bridgehead atoms. The molecule has 3 aromatic rings. The number of aromatic nitrogens is 2. The Kier molecular flexibility index (Phi) is 4.24. The summed E-state index contributed by atoms with van der Waals surface area (Å²) in [6.07, 6.45) is 4.41. The molecule has 1 aliphatic carbocycles. The molecule has 0 aliphatic heterocycles. The largest absolute Gasteiger partial charge is 0.478 e. The number of carbonyl (C=O) groups excluding carboxylic acids is 1. The van der Waals surface area contributed by atoms with E-state index in [0.29, 0.717) is 0 Å². The number of aryl methyl sites for hydroxylation is 2.